The van der Waals surface area contributed by atoms with Crippen molar-refractivity contribution < 1.29 is 33.3 Å². The first-order chi connectivity index (χ1) is 18.7. The van der Waals surface area contributed by atoms with E-state index in [1.165, 1.54) is 20.3 Å². The number of hydrogen-bond donors (Lipinski definition) is 0. The lowest BCUT2D eigenvalue weighted by atomic mass is 9.95. The predicted molar refractivity (Wildman–Crippen MR) is 157 cm³/mol. The van der Waals surface area contributed by atoms with Crippen molar-refractivity contribution in [2.75, 3.05) is 14.2 Å². The highest BCUT2D eigenvalue weighted by atomic mass is 16.5. The molecule has 0 bridgehead atoms. The molecule has 0 saturated heterocycles. The topological polar surface area (TPSA) is 88.1 Å². The van der Waals surface area contributed by atoms with Crippen molar-refractivity contribution in [1.82, 2.24) is 0 Å². The van der Waals surface area contributed by atoms with E-state index in [9.17, 15) is 14.4 Å². The normalized spacial score (nSPS) is 11.8. The first-order valence-electron chi connectivity index (χ1n) is 13.0. The molecule has 0 radical (unpaired) electrons. The molecule has 0 saturated carbocycles. The molecule has 2 aromatic rings. The van der Waals surface area contributed by atoms with Crippen molar-refractivity contribution in [2.24, 2.45) is 10.8 Å². The van der Waals surface area contributed by atoms with Gasteiger partial charge in [-0.3, -0.25) is 14.4 Å². The molecule has 0 aliphatic rings. The molecule has 0 amide bonds. The van der Waals surface area contributed by atoms with Gasteiger partial charge in [0.1, 0.15) is 17.2 Å². The Labute approximate surface area is 237 Å². The third kappa shape index (κ3) is 7.94. The zero-order valence-electron chi connectivity index (χ0n) is 24.8. The van der Waals surface area contributed by atoms with Crippen LogP contribution >= 0.6 is 0 Å². The summed E-state index contributed by atoms with van der Waals surface area (Å²) in [5.41, 5.74) is 0.741. The molecular weight excluding hydrogens is 508 g/mol. The van der Waals surface area contributed by atoms with Gasteiger partial charge >= 0.3 is 11.9 Å². The van der Waals surface area contributed by atoms with E-state index in [2.05, 4.69) is 13.2 Å². The minimum Gasteiger partial charge on any atom is -0.496 e. The van der Waals surface area contributed by atoms with E-state index in [4.69, 9.17) is 18.9 Å². The van der Waals surface area contributed by atoms with Crippen LogP contribution in [-0.2, 0) is 27.2 Å². The maximum atomic E-state index is 13.5. The molecule has 0 unspecified atom stereocenters. The van der Waals surface area contributed by atoms with Crippen molar-refractivity contribution >= 4 is 23.8 Å². The van der Waals surface area contributed by atoms with Crippen LogP contribution in [0.5, 0.6) is 17.2 Å². The fraction of sp³-hybridized carbons (Fsp3) is 0.364. The fourth-order valence-electron chi connectivity index (χ4n) is 3.57. The second kappa shape index (κ2) is 13.3. The number of ether oxygens (including phenoxy) is 4. The summed E-state index contributed by atoms with van der Waals surface area (Å²) < 4.78 is 22.6. The van der Waals surface area contributed by atoms with E-state index in [1.54, 1.807) is 78.0 Å². The Morgan fingerprint density at radius 3 is 1.73 bits per heavy atom. The number of methoxy groups -OCH3 is 2. The van der Waals surface area contributed by atoms with Crippen LogP contribution in [0.1, 0.15) is 68.6 Å². The molecule has 2 aromatic carbocycles. The number of Topliss-reactive ketones (excluding diaryl/α,β-unsaturated/α-hetero) is 1. The van der Waals surface area contributed by atoms with E-state index in [1.807, 2.05) is 6.07 Å². The fourth-order valence-corrected chi connectivity index (χ4v) is 3.57. The summed E-state index contributed by atoms with van der Waals surface area (Å²) in [6, 6.07) is 8.09. The zero-order valence-corrected chi connectivity index (χ0v) is 24.8. The van der Waals surface area contributed by atoms with Crippen LogP contribution in [0.3, 0.4) is 0 Å². The molecule has 0 heterocycles. The lowest BCUT2D eigenvalue weighted by molar-refractivity contribution is -0.143. The highest BCUT2D eigenvalue weighted by Crippen LogP contribution is 2.40. The van der Waals surface area contributed by atoms with Crippen molar-refractivity contribution in [3.63, 3.8) is 0 Å². The molecule has 0 spiro atoms. The number of carbonyl (C=O) groups is 3. The average molecular weight is 549 g/mol. The maximum absolute atomic E-state index is 13.5. The van der Waals surface area contributed by atoms with Crippen molar-refractivity contribution in [3.05, 3.63) is 83.7 Å². The summed E-state index contributed by atoms with van der Waals surface area (Å²) >= 11 is 0. The molecule has 0 atom stereocenters. The van der Waals surface area contributed by atoms with Gasteiger partial charge in [-0.2, -0.15) is 0 Å². The van der Waals surface area contributed by atoms with Crippen molar-refractivity contribution in [2.45, 2.75) is 54.4 Å². The minimum absolute atomic E-state index is 0.00824. The highest BCUT2D eigenvalue weighted by molar-refractivity contribution is 6.10. The molecule has 2 rings (SSSR count). The van der Waals surface area contributed by atoms with Crippen LogP contribution in [0.2, 0.25) is 0 Å². The molecule has 40 heavy (non-hydrogen) atoms. The number of hydrogen-bond acceptors (Lipinski definition) is 7. The number of carbonyl (C=O) groups excluding carboxylic acids is 3. The van der Waals surface area contributed by atoms with Crippen LogP contribution in [0, 0.1) is 10.8 Å². The summed E-state index contributed by atoms with van der Waals surface area (Å²) in [6.45, 7) is 18.2. The molecule has 0 fully saturated rings. The van der Waals surface area contributed by atoms with Gasteiger partial charge in [0.05, 0.1) is 30.6 Å². The van der Waals surface area contributed by atoms with Gasteiger partial charge in [0.2, 0.25) is 5.78 Å². The second-order valence-corrected chi connectivity index (χ2v) is 11.3. The molecule has 7 heteroatoms. The summed E-state index contributed by atoms with van der Waals surface area (Å²) in [4.78, 5) is 38.7. The Balaban J connectivity index is 2.67. The van der Waals surface area contributed by atoms with E-state index >= 15 is 0 Å². The maximum Gasteiger partial charge on any atom is 0.316 e. The standard InChI is InChI=1S/C33H40O7/c1-11-13-22-19-23(14-12-2)29(40-31(36)33(6,7)8)25(28(22)38-10)20-26(37-9)27(34)21-15-17-24(18-16-21)39-30(35)32(3,4)5/h11-12,15-20H,1-2,13-14H2,3-10H3. The number of allylic oxidation sites excluding steroid dienone is 3. The lowest BCUT2D eigenvalue weighted by Gasteiger charge is -2.22. The summed E-state index contributed by atoms with van der Waals surface area (Å²) in [6.07, 6.45) is 5.84. The molecule has 0 aliphatic heterocycles. The summed E-state index contributed by atoms with van der Waals surface area (Å²) in [5, 5.41) is 0. The monoisotopic (exact) mass is 548 g/mol. The largest absolute Gasteiger partial charge is 0.496 e. The minimum atomic E-state index is -0.780. The molecule has 0 N–H and O–H groups in total. The van der Waals surface area contributed by atoms with Crippen LogP contribution in [0.4, 0.5) is 0 Å². The number of benzene rings is 2. The Hall–Kier alpha value is -4.13. The van der Waals surface area contributed by atoms with Gasteiger partial charge < -0.3 is 18.9 Å². The average Bonchev–Trinajstić information content (AvgIpc) is 2.88. The van der Waals surface area contributed by atoms with E-state index in [0.29, 0.717) is 41.0 Å². The number of rotatable bonds is 11. The molecule has 214 valence electrons. The van der Waals surface area contributed by atoms with Gasteiger partial charge in [0, 0.05) is 5.56 Å². The first-order valence-corrected chi connectivity index (χ1v) is 13.0. The van der Waals surface area contributed by atoms with Crippen LogP contribution in [0.25, 0.3) is 6.08 Å². The lowest BCUT2D eigenvalue weighted by Crippen LogP contribution is -2.26. The van der Waals surface area contributed by atoms with Crippen molar-refractivity contribution in [1.29, 1.82) is 0 Å². The van der Waals surface area contributed by atoms with Gasteiger partial charge in [-0.15, -0.1) is 13.2 Å². The van der Waals surface area contributed by atoms with Crippen LogP contribution in [0.15, 0.2) is 61.4 Å². The van der Waals surface area contributed by atoms with E-state index in [0.717, 1.165) is 5.56 Å². The van der Waals surface area contributed by atoms with E-state index in [-0.39, 0.29) is 17.5 Å². The predicted octanol–water partition coefficient (Wildman–Crippen LogP) is 6.93. The molecule has 0 aliphatic carbocycles. The highest BCUT2D eigenvalue weighted by Gasteiger charge is 2.29. The molecule has 0 aromatic heterocycles. The second-order valence-electron chi connectivity index (χ2n) is 11.3. The third-order valence-electron chi connectivity index (χ3n) is 5.82. The number of ketones is 1. The van der Waals surface area contributed by atoms with Gasteiger partial charge in [-0.1, -0.05) is 12.2 Å². The Kier molecular flexibility index (Phi) is 10.7. The van der Waals surface area contributed by atoms with Crippen LogP contribution in [-0.4, -0.2) is 31.9 Å². The van der Waals surface area contributed by atoms with Gasteiger partial charge in [0.15, 0.2) is 5.76 Å². The van der Waals surface area contributed by atoms with Gasteiger partial charge in [-0.25, -0.2) is 0 Å². The van der Waals surface area contributed by atoms with Crippen LogP contribution < -0.4 is 14.2 Å². The Morgan fingerprint density at radius 2 is 1.27 bits per heavy atom. The SMILES string of the molecule is C=CCc1cc(CC=C)c(OC(=O)C(C)(C)C)c(C=C(OC)C(=O)c2ccc(OC(=O)C(C)(C)C)cc2)c1OC. The first kappa shape index (κ1) is 32.1. The smallest absolute Gasteiger partial charge is 0.316 e. The zero-order chi connectivity index (χ0) is 30.3. The Bertz CT molecular complexity index is 1300. The van der Waals surface area contributed by atoms with Crippen molar-refractivity contribution in [3.8, 4) is 17.2 Å². The quantitative estimate of drug-likeness (QED) is 0.0752. The molecule has 7 nitrogen and oxygen atoms in total. The summed E-state index contributed by atoms with van der Waals surface area (Å²) in [5.74, 6) is -0.257. The van der Waals surface area contributed by atoms with Gasteiger partial charge in [0.25, 0.3) is 0 Å². The van der Waals surface area contributed by atoms with E-state index < -0.39 is 22.6 Å². The summed E-state index contributed by atoms with van der Waals surface area (Å²) in [7, 11) is 2.89. The molecular formula is C33H40O7. The van der Waals surface area contributed by atoms with Gasteiger partial charge in [-0.05, 0) is 102 Å². The third-order valence-corrected chi connectivity index (χ3v) is 5.82. The Morgan fingerprint density at radius 1 is 0.775 bits per heavy atom. The number of esters is 2.